The number of para-hydroxylation sites is 1. The fourth-order valence-electron chi connectivity index (χ4n) is 4.05. The Balaban J connectivity index is 1.85. The van der Waals surface area contributed by atoms with Crippen molar-refractivity contribution in [1.29, 1.82) is 0 Å². The summed E-state index contributed by atoms with van der Waals surface area (Å²) >= 11 is 0. The van der Waals surface area contributed by atoms with Gasteiger partial charge in [-0.05, 0) is 62.2 Å². The van der Waals surface area contributed by atoms with Crippen molar-refractivity contribution in [3.05, 3.63) is 89.1 Å². The van der Waals surface area contributed by atoms with Crippen LogP contribution in [0.5, 0.6) is 11.5 Å². The molecule has 6 nitrogen and oxygen atoms in total. The van der Waals surface area contributed by atoms with Crippen LogP contribution in [0.3, 0.4) is 0 Å². The van der Waals surface area contributed by atoms with E-state index < -0.39 is 11.8 Å². The Bertz CT molecular complexity index is 1240. The molecule has 3 aromatic rings. The van der Waals surface area contributed by atoms with Crippen LogP contribution in [0.25, 0.3) is 5.57 Å². The first-order valence-corrected chi connectivity index (χ1v) is 10.8. The number of nitrogens with zero attached hydrogens (tertiary/aromatic N) is 1. The SMILES string of the molecule is CCOc1cccc(N2C(=O)C(Nc3cc(C)cc(C)c3)=C(c3ccccc3OC)C2=O)c1. The monoisotopic (exact) mass is 442 g/mol. The van der Waals surface area contributed by atoms with E-state index in [0.717, 1.165) is 16.8 Å². The third-order valence-corrected chi connectivity index (χ3v) is 5.34. The van der Waals surface area contributed by atoms with Crippen LogP contribution in [-0.4, -0.2) is 25.5 Å². The molecule has 1 aliphatic heterocycles. The lowest BCUT2D eigenvalue weighted by molar-refractivity contribution is -0.120. The first kappa shape index (κ1) is 22.1. The topological polar surface area (TPSA) is 67.9 Å². The van der Waals surface area contributed by atoms with Crippen LogP contribution in [0.4, 0.5) is 11.4 Å². The predicted octanol–water partition coefficient (Wildman–Crippen LogP) is 5.11. The largest absolute Gasteiger partial charge is 0.496 e. The Morgan fingerprint density at radius 1 is 0.879 bits per heavy atom. The third-order valence-electron chi connectivity index (χ3n) is 5.34. The van der Waals surface area contributed by atoms with Gasteiger partial charge in [0.2, 0.25) is 0 Å². The minimum atomic E-state index is -0.436. The van der Waals surface area contributed by atoms with Crippen LogP contribution >= 0.6 is 0 Å². The highest BCUT2D eigenvalue weighted by molar-refractivity contribution is 6.46. The standard InChI is InChI=1S/C27H26N2O4/c1-5-33-21-10-8-9-20(16-21)29-26(30)24(22-11-6-7-12-23(22)32-4)25(27(29)31)28-19-14-17(2)13-18(3)15-19/h6-16,28H,5H2,1-4H3. The predicted molar refractivity (Wildman–Crippen MR) is 130 cm³/mol. The number of hydrogen-bond donors (Lipinski definition) is 1. The van der Waals surface area contributed by atoms with E-state index in [0.29, 0.717) is 29.4 Å². The van der Waals surface area contributed by atoms with Gasteiger partial charge < -0.3 is 14.8 Å². The first-order valence-electron chi connectivity index (χ1n) is 10.8. The van der Waals surface area contributed by atoms with E-state index >= 15 is 0 Å². The van der Waals surface area contributed by atoms with Crippen molar-refractivity contribution in [3.8, 4) is 11.5 Å². The maximum atomic E-state index is 13.7. The van der Waals surface area contributed by atoms with Crippen LogP contribution in [0.2, 0.25) is 0 Å². The number of methoxy groups -OCH3 is 1. The van der Waals surface area contributed by atoms with Gasteiger partial charge in [0.25, 0.3) is 11.8 Å². The summed E-state index contributed by atoms with van der Waals surface area (Å²) < 4.78 is 11.1. The Morgan fingerprint density at radius 3 is 2.30 bits per heavy atom. The lowest BCUT2D eigenvalue weighted by Crippen LogP contribution is -2.32. The lowest BCUT2D eigenvalue weighted by atomic mass is 10.0. The average Bonchev–Trinajstić information content (AvgIpc) is 3.02. The van der Waals surface area contributed by atoms with E-state index in [4.69, 9.17) is 9.47 Å². The van der Waals surface area contributed by atoms with Gasteiger partial charge in [-0.15, -0.1) is 0 Å². The summed E-state index contributed by atoms with van der Waals surface area (Å²) in [6.45, 7) is 6.34. The summed E-state index contributed by atoms with van der Waals surface area (Å²) in [5, 5.41) is 3.22. The van der Waals surface area contributed by atoms with Gasteiger partial charge >= 0.3 is 0 Å². The molecule has 0 aromatic heterocycles. The van der Waals surface area contributed by atoms with E-state index in [9.17, 15) is 9.59 Å². The fourth-order valence-corrected chi connectivity index (χ4v) is 4.05. The van der Waals surface area contributed by atoms with Gasteiger partial charge in [0, 0.05) is 17.3 Å². The van der Waals surface area contributed by atoms with Gasteiger partial charge in [-0.25, -0.2) is 4.90 Å². The molecule has 0 aliphatic carbocycles. The minimum absolute atomic E-state index is 0.205. The number of rotatable bonds is 7. The van der Waals surface area contributed by atoms with Crippen molar-refractivity contribution in [1.82, 2.24) is 0 Å². The van der Waals surface area contributed by atoms with Gasteiger partial charge in [-0.2, -0.15) is 0 Å². The Labute approximate surface area is 193 Å². The molecular weight excluding hydrogens is 416 g/mol. The summed E-state index contributed by atoms with van der Waals surface area (Å²) in [5.41, 5.74) is 4.30. The summed E-state index contributed by atoms with van der Waals surface area (Å²) in [5.74, 6) is 0.238. The molecule has 1 aliphatic rings. The quantitative estimate of drug-likeness (QED) is 0.515. The second-order valence-electron chi connectivity index (χ2n) is 7.83. The normalized spacial score (nSPS) is 13.5. The van der Waals surface area contributed by atoms with Crippen molar-refractivity contribution < 1.29 is 19.1 Å². The van der Waals surface area contributed by atoms with Crippen molar-refractivity contribution in [3.63, 3.8) is 0 Å². The maximum Gasteiger partial charge on any atom is 0.282 e. The second-order valence-corrected chi connectivity index (χ2v) is 7.83. The number of aryl methyl sites for hydroxylation is 2. The molecule has 0 radical (unpaired) electrons. The molecule has 4 rings (SSSR count). The van der Waals surface area contributed by atoms with Gasteiger partial charge in [0.1, 0.15) is 17.2 Å². The second kappa shape index (κ2) is 9.20. The molecule has 0 saturated carbocycles. The number of ether oxygens (including phenoxy) is 2. The molecule has 0 unspecified atom stereocenters. The van der Waals surface area contributed by atoms with E-state index in [1.165, 1.54) is 4.90 Å². The van der Waals surface area contributed by atoms with E-state index in [1.807, 2.05) is 51.1 Å². The third kappa shape index (κ3) is 4.32. The summed E-state index contributed by atoms with van der Waals surface area (Å²) in [6, 6.07) is 20.1. The number of hydrogen-bond acceptors (Lipinski definition) is 5. The number of imide groups is 1. The zero-order valence-corrected chi connectivity index (χ0v) is 19.1. The average molecular weight is 443 g/mol. The highest BCUT2D eigenvalue weighted by Gasteiger charge is 2.41. The van der Waals surface area contributed by atoms with Crippen LogP contribution < -0.4 is 19.7 Å². The lowest BCUT2D eigenvalue weighted by Gasteiger charge is -2.17. The van der Waals surface area contributed by atoms with Gasteiger partial charge in [0.05, 0.1) is 25.0 Å². The molecule has 1 heterocycles. The molecule has 3 aromatic carbocycles. The Morgan fingerprint density at radius 2 is 1.61 bits per heavy atom. The molecule has 1 N–H and O–H groups in total. The number of amides is 2. The molecule has 33 heavy (non-hydrogen) atoms. The molecule has 0 saturated heterocycles. The first-order chi connectivity index (χ1) is 15.9. The van der Waals surface area contributed by atoms with Crippen molar-refractivity contribution in [2.24, 2.45) is 0 Å². The smallest absolute Gasteiger partial charge is 0.282 e. The van der Waals surface area contributed by atoms with Crippen LogP contribution in [0, 0.1) is 13.8 Å². The highest BCUT2D eigenvalue weighted by Crippen LogP contribution is 2.38. The molecule has 0 spiro atoms. The minimum Gasteiger partial charge on any atom is -0.496 e. The fraction of sp³-hybridized carbons (Fsp3) is 0.185. The summed E-state index contributed by atoms with van der Waals surface area (Å²) in [4.78, 5) is 28.5. The van der Waals surface area contributed by atoms with Crippen LogP contribution in [0.15, 0.2) is 72.4 Å². The Kier molecular flexibility index (Phi) is 6.18. The Hall–Kier alpha value is -4.06. The number of nitrogens with one attached hydrogen (secondary N) is 1. The van der Waals surface area contributed by atoms with E-state index in [2.05, 4.69) is 5.32 Å². The van der Waals surface area contributed by atoms with Crippen LogP contribution in [-0.2, 0) is 9.59 Å². The van der Waals surface area contributed by atoms with Gasteiger partial charge in [0.15, 0.2) is 0 Å². The molecule has 0 fully saturated rings. The van der Waals surface area contributed by atoms with Crippen molar-refractivity contribution >= 4 is 28.8 Å². The van der Waals surface area contributed by atoms with Gasteiger partial charge in [-0.3, -0.25) is 9.59 Å². The summed E-state index contributed by atoms with van der Waals surface area (Å²) in [7, 11) is 1.54. The maximum absolute atomic E-state index is 13.7. The number of anilines is 2. The van der Waals surface area contributed by atoms with E-state index in [1.54, 1.807) is 43.5 Å². The van der Waals surface area contributed by atoms with Crippen molar-refractivity contribution in [2.75, 3.05) is 23.9 Å². The van der Waals surface area contributed by atoms with Crippen molar-refractivity contribution in [2.45, 2.75) is 20.8 Å². The van der Waals surface area contributed by atoms with Crippen LogP contribution in [0.1, 0.15) is 23.6 Å². The molecule has 2 amide bonds. The number of benzene rings is 3. The highest BCUT2D eigenvalue weighted by atomic mass is 16.5. The molecule has 0 atom stereocenters. The zero-order valence-electron chi connectivity index (χ0n) is 19.1. The molecule has 0 bridgehead atoms. The number of carbonyl (C=O) groups excluding carboxylic acids is 2. The molecule has 6 heteroatoms. The zero-order chi connectivity index (χ0) is 23.5. The number of carbonyl (C=O) groups is 2. The van der Waals surface area contributed by atoms with E-state index in [-0.39, 0.29) is 11.3 Å². The molecule has 168 valence electrons. The van der Waals surface area contributed by atoms with Gasteiger partial charge in [-0.1, -0.05) is 30.3 Å². The summed E-state index contributed by atoms with van der Waals surface area (Å²) in [6.07, 6.45) is 0. The molecular formula is C27H26N2O4.